The molecule has 3 aromatic rings. The molecule has 124 valence electrons. The van der Waals surface area contributed by atoms with Crippen molar-refractivity contribution in [1.29, 1.82) is 0 Å². The lowest BCUT2D eigenvalue weighted by molar-refractivity contribution is 0.0997. The van der Waals surface area contributed by atoms with Gasteiger partial charge in [-0.15, -0.1) is 0 Å². The van der Waals surface area contributed by atoms with Gasteiger partial charge in [0.05, 0.1) is 5.39 Å². The van der Waals surface area contributed by atoms with Gasteiger partial charge in [0.1, 0.15) is 5.58 Å². The second-order valence-electron chi connectivity index (χ2n) is 5.08. The summed E-state index contributed by atoms with van der Waals surface area (Å²) in [5, 5.41) is 2.36. The Labute approximate surface area is 140 Å². The van der Waals surface area contributed by atoms with Gasteiger partial charge in [-0.2, -0.15) is 9.36 Å². The predicted molar refractivity (Wildman–Crippen MR) is 88.2 cm³/mol. The van der Waals surface area contributed by atoms with Crippen LogP contribution in [0.15, 0.2) is 38.6 Å². The molecule has 0 aliphatic heterocycles. The lowest BCUT2D eigenvalue weighted by Crippen LogP contribution is -2.15. The lowest BCUT2D eigenvalue weighted by Gasteiger charge is -2.03. The zero-order valence-corrected chi connectivity index (χ0v) is 14.2. The van der Waals surface area contributed by atoms with Gasteiger partial charge in [-0.25, -0.2) is 8.42 Å². The molecule has 0 atom stereocenters. The molecule has 0 saturated carbocycles. The summed E-state index contributed by atoms with van der Waals surface area (Å²) in [6, 6.07) is 6.12. The molecule has 0 bridgehead atoms. The number of carbonyl (C=O) groups is 1. The van der Waals surface area contributed by atoms with Crippen molar-refractivity contribution in [2.45, 2.75) is 12.1 Å². The molecule has 0 aliphatic carbocycles. The lowest BCUT2D eigenvalue weighted by atomic mass is 10.1. The van der Waals surface area contributed by atoms with Crippen LogP contribution < -0.4 is 10.7 Å². The largest absolute Gasteiger partial charge is 0.451 e. The number of benzene rings is 1. The van der Waals surface area contributed by atoms with Gasteiger partial charge in [0, 0.05) is 23.9 Å². The number of fused-ring (bicyclic) bond motifs is 1. The van der Waals surface area contributed by atoms with Gasteiger partial charge in [-0.1, -0.05) is 11.6 Å². The van der Waals surface area contributed by atoms with Crippen molar-refractivity contribution in [1.82, 2.24) is 9.36 Å². The fraction of sp³-hybridized carbons (Fsp3) is 0.143. The highest BCUT2D eigenvalue weighted by Crippen LogP contribution is 2.18. The molecular weight excluding hydrogens is 354 g/mol. The summed E-state index contributed by atoms with van der Waals surface area (Å²) in [7, 11) is -3.56. The number of rotatable bonds is 3. The highest BCUT2D eigenvalue weighted by atomic mass is 32.2. The maximum absolute atomic E-state index is 12.2. The van der Waals surface area contributed by atoms with Crippen molar-refractivity contribution in [3.8, 4) is 0 Å². The van der Waals surface area contributed by atoms with Crippen LogP contribution in [0.3, 0.4) is 0 Å². The molecule has 0 unspecified atom stereocenters. The van der Waals surface area contributed by atoms with Crippen molar-refractivity contribution in [3.05, 3.63) is 45.8 Å². The number of aromatic nitrogens is 2. The monoisotopic (exact) mass is 365 g/mol. The molecule has 0 fully saturated rings. The number of hydrogen-bond donors (Lipinski definition) is 1. The summed E-state index contributed by atoms with van der Waals surface area (Å²) in [4.78, 5) is 28.0. The van der Waals surface area contributed by atoms with E-state index >= 15 is 0 Å². The molecular formula is C14H11N3O5S2. The van der Waals surface area contributed by atoms with Crippen molar-refractivity contribution in [2.24, 2.45) is 0 Å². The topological polar surface area (TPSA) is 119 Å². The van der Waals surface area contributed by atoms with E-state index in [9.17, 15) is 18.0 Å². The van der Waals surface area contributed by atoms with E-state index in [1.54, 1.807) is 18.2 Å². The van der Waals surface area contributed by atoms with Crippen molar-refractivity contribution in [3.63, 3.8) is 0 Å². The second-order valence-corrected chi connectivity index (χ2v) is 7.74. The number of nitrogens with zero attached hydrogens (tertiary/aromatic N) is 2. The first kappa shape index (κ1) is 16.3. The van der Waals surface area contributed by atoms with Crippen LogP contribution in [0.1, 0.15) is 16.1 Å². The average molecular weight is 365 g/mol. The first-order chi connectivity index (χ1) is 11.2. The van der Waals surface area contributed by atoms with Gasteiger partial charge in [-0.05, 0) is 19.1 Å². The van der Waals surface area contributed by atoms with E-state index in [0.29, 0.717) is 5.39 Å². The molecule has 24 heavy (non-hydrogen) atoms. The molecule has 0 radical (unpaired) electrons. The Hall–Kier alpha value is -2.59. The van der Waals surface area contributed by atoms with Crippen LogP contribution in [0.5, 0.6) is 0 Å². The first-order valence-corrected chi connectivity index (χ1v) is 9.30. The Morgan fingerprint density at radius 1 is 1.29 bits per heavy atom. The van der Waals surface area contributed by atoms with Crippen molar-refractivity contribution in [2.75, 3.05) is 11.6 Å². The van der Waals surface area contributed by atoms with E-state index in [4.69, 9.17) is 4.42 Å². The molecule has 1 aromatic carbocycles. The van der Waals surface area contributed by atoms with E-state index in [1.807, 2.05) is 6.92 Å². The molecule has 0 saturated heterocycles. The van der Waals surface area contributed by atoms with E-state index in [1.165, 1.54) is 0 Å². The Balaban J connectivity index is 1.93. The molecule has 0 aliphatic rings. The molecule has 2 aromatic heterocycles. The van der Waals surface area contributed by atoms with Gasteiger partial charge in [0.2, 0.25) is 15.0 Å². The van der Waals surface area contributed by atoms with E-state index in [-0.39, 0.29) is 27.1 Å². The molecule has 1 amide bonds. The summed E-state index contributed by atoms with van der Waals surface area (Å²) in [6.07, 6.45) is 0.963. The normalized spacial score (nSPS) is 11.6. The van der Waals surface area contributed by atoms with Gasteiger partial charge in [0.25, 0.3) is 11.1 Å². The summed E-state index contributed by atoms with van der Waals surface area (Å²) in [6.45, 7) is 1.84. The first-order valence-electron chi connectivity index (χ1n) is 6.64. The Kier molecular flexibility index (Phi) is 3.93. The van der Waals surface area contributed by atoms with E-state index in [2.05, 4.69) is 14.7 Å². The van der Waals surface area contributed by atoms with Crippen LogP contribution in [0, 0.1) is 6.92 Å². The van der Waals surface area contributed by atoms with Crippen molar-refractivity contribution >= 4 is 43.4 Å². The quantitative estimate of drug-likeness (QED) is 0.749. The predicted octanol–water partition coefficient (Wildman–Crippen LogP) is 1.61. The highest BCUT2D eigenvalue weighted by Gasteiger charge is 2.18. The molecule has 10 heteroatoms. The third kappa shape index (κ3) is 3.19. The molecule has 1 N–H and O–H groups in total. The summed E-state index contributed by atoms with van der Waals surface area (Å²) in [5.74, 6) is -0.918. The molecule has 0 spiro atoms. The van der Waals surface area contributed by atoms with Gasteiger partial charge in [-0.3, -0.25) is 14.9 Å². The maximum atomic E-state index is 12.2. The summed E-state index contributed by atoms with van der Waals surface area (Å²) < 4.78 is 31.7. The van der Waals surface area contributed by atoms with Crippen LogP contribution in [-0.4, -0.2) is 29.9 Å². The fourth-order valence-electron chi connectivity index (χ4n) is 1.95. The number of amides is 1. The smallest absolute Gasteiger partial charge is 0.293 e. The SMILES string of the molecule is Cc1ccc2oc(C(=O)Nc3nc(S(C)(=O)=O)ns3)cc(=O)c2c1. The fourth-order valence-corrected chi connectivity index (χ4v) is 3.39. The number of nitrogens with one attached hydrogen (secondary N) is 1. The third-order valence-electron chi connectivity index (χ3n) is 3.07. The van der Waals surface area contributed by atoms with Crippen LogP contribution in [0.2, 0.25) is 0 Å². The average Bonchev–Trinajstić information content (AvgIpc) is 2.96. The number of anilines is 1. The van der Waals surface area contributed by atoms with Crippen LogP contribution in [0.25, 0.3) is 11.0 Å². The minimum Gasteiger partial charge on any atom is -0.451 e. The van der Waals surface area contributed by atoms with E-state index in [0.717, 1.165) is 29.4 Å². The zero-order valence-electron chi connectivity index (χ0n) is 12.6. The number of hydrogen-bond acceptors (Lipinski definition) is 8. The Bertz CT molecular complexity index is 1110. The minimum absolute atomic E-state index is 0.00734. The molecule has 3 rings (SSSR count). The second kappa shape index (κ2) is 5.80. The van der Waals surface area contributed by atoms with E-state index < -0.39 is 15.7 Å². The van der Waals surface area contributed by atoms with Crippen LogP contribution >= 0.6 is 11.5 Å². The van der Waals surface area contributed by atoms with Gasteiger partial charge in [0.15, 0.2) is 11.2 Å². The third-order valence-corrected chi connectivity index (χ3v) is 4.66. The number of aryl methyl sites for hydroxylation is 1. The summed E-state index contributed by atoms with van der Waals surface area (Å²) in [5.41, 5.74) is 0.834. The molecule has 2 heterocycles. The van der Waals surface area contributed by atoms with Crippen molar-refractivity contribution < 1.29 is 17.6 Å². The highest BCUT2D eigenvalue weighted by molar-refractivity contribution is 7.90. The maximum Gasteiger partial charge on any atom is 0.293 e. The molecule has 8 nitrogen and oxygen atoms in total. The van der Waals surface area contributed by atoms with Gasteiger partial charge >= 0.3 is 0 Å². The Morgan fingerprint density at radius 2 is 2.04 bits per heavy atom. The number of carbonyl (C=O) groups excluding carboxylic acids is 1. The minimum atomic E-state index is -3.56. The summed E-state index contributed by atoms with van der Waals surface area (Å²) >= 11 is 0.717. The van der Waals surface area contributed by atoms with Crippen LogP contribution in [0.4, 0.5) is 5.13 Å². The standard InChI is InChI=1S/C14H11N3O5S2/c1-7-3-4-10-8(5-7)9(18)6-11(22-10)12(19)15-13-16-14(17-23-13)24(2,20)21/h3-6H,1-2H3,(H,15,16,17,19). The Morgan fingerprint density at radius 3 is 2.71 bits per heavy atom. The number of sulfone groups is 1. The van der Waals surface area contributed by atoms with Crippen LogP contribution in [-0.2, 0) is 9.84 Å². The van der Waals surface area contributed by atoms with Gasteiger partial charge < -0.3 is 4.42 Å². The zero-order chi connectivity index (χ0) is 17.5.